The highest BCUT2D eigenvalue weighted by atomic mass is 16.5. The van der Waals surface area contributed by atoms with Crippen LogP contribution in [0.5, 0.6) is 6.01 Å². The van der Waals surface area contributed by atoms with Gasteiger partial charge in [0.1, 0.15) is 17.7 Å². The van der Waals surface area contributed by atoms with Crippen LogP contribution in [0.4, 0.5) is 5.95 Å². The molecule has 1 saturated heterocycles. The highest BCUT2D eigenvalue weighted by Crippen LogP contribution is 2.28. The van der Waals surface area contributed by atoms with E-state index in [4.69, 9.17) is 20.3 Å². The lowest BCUT2D eigenvalue weighted by molar-refractivity contribution is -0.0412. The molecule has 0 radical (unpaired) electrons. The minimum absolute atomic E-state index is 0.0511. The van der Waals surface area contributed by atoms with Crippen LogP contribution < -0.4 is 10.5 Å². The molecule has 35 heavy (non-hydrogen) atoms. The van der Waals surface area contributed by atoms with E-state index in [9.17, 15) is 5.11 Å². The highest BCUT2D eigenvalue weighted by Gasteiger charge is 2.30. The van der Waals surface area contributed by atoms with Crippen LogP contribution in [0.3, 0.4) is 0 Å². The van der Waals surface area contributed by atoms with Gasteiger partial charge >= 0.3 is 6.01 Å². The molecule has 11 nitrogen and oxygen atoms in total. The summed E-state index contributed by atoms with van der Waals surface area (Å²) in [5.74, 6) is 7.35. The number of rotatable bonds is 6. The van der Waals surface area contributed by atoms with E-state index in [0.29, 0.717) is 42.5 Å². The number of β-amino-alcohol motifs (C(OH)–C–C–N with tert-alkyl or cyclic N) is 1. The van der Waals surface area contributed by atoms with Crippen LogP contribution in [-0.2, 0) is 4.74 Å². The Kier molecular flexibility index (Phi) is 5.94. The number of likely N-dealkylation sites (tertiary alicyclic amines) is 1. The maximum absolute atomic E-state index is 10.8. The number of ether oxygens (including phenoxy) is 2. The van der Waals surface area contributed by atoms with E-state index >= 15 is 0 Å². The molecule has 0 bridgehead atoms. The third-order valence-electron chi connectivity index (χ3n) is 5.90. The fourth-order valence-electron chi connectivity index (χ4n) is 3.97. The van der Waals surface area contributed by atoms with Crippen LogP contribution in [0.25, 0.3) is 16.9 Å². The van der Waals surface area contributed by atoms with Crippen molar-refractivity contribution >= 4 is 17.0 Å². The molecule has 2 aliphatic heterocycles. The second-order valence-corrected chi connectivity index (χ2v) is 8.68. The van der Waals surface area contributed by atoms with Gasteiger partial charge in [0.25, 0.3) is 0 Å². The average molecular weight is 478 g/mol. The van der Waals surface area contributed by atoms with Gasteiger partial charge in [-0.3, -0.25) is 4.90 Å². The van der Waals surface area contributed by atoms with Crippen molar-refractivity contribution < 1.29 is 19.7 Å². The third-order valence-corrected chi connectivity index (χ3v) is 5.90. The van der Waals surface area contributed by atoms with Gasteiger partial charge in [-0.25, -0.2) is 9.55 Å². The summed E-state index contributed by atoms with van der Waals surface area (Å²) in [5, 5.41) is 19.9. The summed E-state index contributed by atoms with van der Waals surface area (Å²) in [5.41, 5.74) is 6.57. The zero-order valence-corrected chi connectivity index (χ0v) is 19.5. The Bertz CT molecular complexity index is 1330. The van der Waals surface area contributed by atoms with Crippen molar-refractivity contribution in [2.24, 2.45) is 0 Å². The molecule has 182 valence electrons. The van der Waals surface area contributed by atoms with Crippen LogP contribution in [-0.4, -0.2) is 84.3 Å². The SMILES string of the molecule is CC1=CN(C(C)(O)C#Cc2ccc3nc(OC4CN(CCO)C4)n(-c4ccnc(N)n4)c3c2)CO1. The summed E-state index contributed by atoms with van der Waals surface area (Å²) < 4.78 is 13.4. The zero-order chi connectivity index (χ0) is 24.6. The quantitative estimate of drug-likeness (QED) is 0.435. The van der Waals surface area contributed by atoms with E-state index in [0.717, 1.165) is 11.3 Å². The summed E-state index contributed by atoms with van der Waals surface area (Å²) in [6, 6.07) is 7.68. The van der Waals surface area contributed by atoms with Crippen molar-refractivity contribution in [1.29, 1.82) is 0 Å². The predicted octanol–water partition coefficient (Wildman–Crippen LogP) is 0.664. The number of benzene rings is 1. The molecule has 4 heterocycles. The maximum atomic E-state index is 10.8. The van der Waals surface area contributed by atoms with Crippen LogP contribution in [0, 0.1) is 11.8 Å². The van der Waals surface area contributed by atoms with Gasteiger partial charge in [0, 0.05) is 43.7 Å². The Balaban J connectivity index is 1.49. The van der Waals surface area contributed by atoms with Crippen molar-refractivity contribution in [2.45, 2.75) is 25.7 Å². The summed E-state index contributed by atoms with van der Waals surface area (Å²) in [4.78, 5) is 16.8. The van der Waals surface area contributed by atoms with Crippen molar-refractivity contribution in [3.05, 3.63) is 48.0 Å². The van der Waals surface area contributed by atoms with Crippen LogP contribution in [0.15, 0.2) is 42.4 Å². The second kappa shape index (κ2) is 9.07. The molecular formula is C24H27N7O4. The number of hydrogen-bond acceptors (Lipinski definition) is 10. The van der Waals surface area contributed by atoms with Crippen molar-refractivity contribution in [3.63, 3.8) is 0 Å². The Morgan fingerprint density at radius 3 is 2.83 bits per heavy atom. The first kappa shape index (κ1) is 22.9. The number of nitrogens with two attached hydrogens (primary N) is 1. The predicted molar refractivity (Wildman–Crippen MR) is 128 cm³/mol. The molecule has 0 saturated carbocycles. The van der Waals surface area contributed by atoms with Crippen molar-refractivity contribution in [3.8, 4) is 23.7 Å². The Morgan fingerprint density at radius 1 is 1.29 bits per heavy atom. The molecule has 1 unspecified atom stereocenters. The summed E-state index contributed by atoms with van der Waals surface area (Å²) in [7, 11) is 0. The first-order valence-electron chi connectivity index (χ1n) is 11.3. The zero-order valence-electron chi connectivity index (χ0n) is 19.5. The molecule has 2 aliphatic rings. The number of imidazole rings is 1. The Hall–Kier alpha value is -3.85. The van der Waals surface area contributed by atoms with Gasteiger partial charge in [-0.05, 0) is 38.0 Å². The first-order valence-corrected chi connectivity index (χ1v) is 11.3. The van der Waals surface area contributed by atoms with Gasteiger partial charge in [0.2, 0.25) is 11.7 Å². The molecule has 5 rings (SSSR count). The number of aliphatic hydroxyl groups is 2. The van der Waals surface area contributed by atoms with E-state index in [1.807, 2.05) is 25.1 Å². The van der Waals surface area contributed by atoms with Crippen molar-refractivity contribution in [1.82, 2.24) is 29.3 Å². The smallest absolute Gasteiger partial charge is 0.303 e. The van der Waals surface area contributed by atoms with E-state index in [1.54, 1.807) is 34.9 Å². The fraction of sp³-hybridized carbons (Fsp3) is 0.375. The number of anilines is 1. The molecule has 2 aromatic heterocycles. The van der Waals surface area contributed by atoms with Crippen molar-refractivity contribution in [2.75, 3.05) is 38.7 Å². The number of aromatic nitrogens is 4. The third kappa shape index (κ3) is 4.72. The lowest BCUT2D eigenvalue weighted by Gasteiger charge is -2.38. The highest BCUT2D eigenvalue weighted by molar-refractivity contribution is 5.80. The average Bonchev–Trinajstić information content (AvgIpc) is 3.40. The summed E-state index contributed by atoms with van der Waals surface area (Å²) in [6.07, 6.45) is 3.26. The van der Waals surface area contributed by atoms with Gasteiger partial charge in [0.05, 0.1) is 17.6 Å². The molecule has 1 atom stereocenters. The minimum atomic E-state index is -1.40. The largest absolute Gasteiger partial charge is 0.476 e. The molecule has 0 spiro atoms. The molecule has 1 fully saturated rings. The van der Waals surface area contributed by atoms with Gasteiger partial charge < -0.3 is 30.3 Å². The van der Waals surface area contributed by atoms with Gasteiger partial charge in [0.15, 0.2) is 6.73 Å². The fourth-order valence-corrected chi connectivity index (χ4v) is 3.97. The lowest BCUT2D eigenvalue weighted by atomic mass is 10.1. The normalized spacial score (nSPS) is 17.8. The molecule has 0 aliphatic carbocycles. The number of aliphatic hydroxyl groups excluding tert-OH is 1. The Labute approximate surface area is 202 Å². The standard InChI is InChI=1S/C24H27N7O4/c1-16-12-30(15-34-16)24(2,33)7-5-17-3-4-19-20(11-17)31(21-6-8-26-22(25)28-21)23(27-19)35-18-13-29(14-18)9-10-32/h3-4,6,8,11-12,18,32-33H,9-10,13-15H2,1-2H3,(H2,25,26,28). The maximum Gasteiger partial charge on any atom is 0.303 e. The molecule has 4 N–H and O–H groups in total. The second-order valence-electron chi connectivity index (χ2n) is 8.68. The summed E-state index contributed by atoms with van der Waals surface area (Å²) >= 11 is 0. The summed E-state index contributed by atoms with van der Waals surface area (Å²) in [6.45, 7) is 5.82. The van der Waals surface area contributed by atoms with E-state index < -0.39 is 5.72 Å². The topological polar surface area (TPSA) is 135 Å². The van der Waals surface area contributed by atoms with Crippen LogP contribution in [0.2, 0.25) is 0 Å². The number of allylic oxidation sites excluding steroid dienone is 1. The molecular weight excluding hydrogens is 450 g/mol. The number of nitrogen functional groups attached to an aromatic ring is 1. The van der Waals surface area contributed by atoms with E-state index in [1.165, 1.54) is 0 Å². The van der Waals surface area contributed by atoms with Gasteiger partial charge in [-0.1, -0.05) is 5.92 Å². The molecule has 3 aromatic rings. The van der Waals surface area contributed by atoms with Gasteiger partial charge in [-0.15, -0.1) is 0 Å². The lowest BCUT2D eigenvalue weighted by Crippen LogP contribution is -2.54. The van der Waals surface area contributed by atoms with Gasteiger partial charge in [-0.2, -0.15) is 9.97 Å². The number of fused-ring (bicyclic) bond motifs is 1. The van der Waals surface area contributed by atoms with E-state index in [-0.39, 0.29) is 25.4 Å². The number of nitrogens with zero attached hydrogens (tertiary/aromatic N) is 6. The monoisotopic (exact) mass is 477 g/mol. The Morgan fingerprint density at radius 2 is 2.11 bits per heavy atom. The van der Waals surface area contributed by atoms with E-state index in [2.05, 4.69) is 31.7 Å². The number of hydrogen-bond donors (Lipinski definition) is 3. The minimum Gasteiger partial charge on any atom is -0.476 e. The molecule has 0 amide bonds. The van der Waals surface area contributed by atoms with Crippen LogP contribution >= 0.6 is 0 Å². The molecule has 1 aromatic carbocycles. The van der Waals surface area contributed by atoms with Crippen LogP contribution in [0.1, 0.15) is 19.4 Å². The molecule has 11 heteroatoms. The first-order chi connectivity index (χ1) is 16.8.